The van der Waals surface area contributed by atoms with Crippen molar-refractivity contribution in [1.29, 1.82) is 0 Å². The van der Waals surface area contributed by atoms with Crippen LogP contribution in [0.5, 0.6) is 11.5 Å². The van der Waals surface area contributed by atoms with Gasteiger partial charge in [0.25, 0.3) is 0 Å². The molecule has 1 aliphatic rings. The molecule has 1 fully saturated rings. The van der Waals surface area contributed by atoms with Gasteiger partial charge in [0.05, 0.1) is 13.2 Å². The molecule has 0 radical (unpaired) electrons. The Labute approximate surface area is 121 Å². The Kier molecular flexibility index (Phi) is 5.68. The smallest absolute Gasteiger partial charge is 0.166 e. The fourth-order valence-electron chi connectivity index (χ4n) is 2.73. The first-order valence-electron chi connectivity index (χ1n) is 7.41. The number of aliphatic hydroxyl groups is 1. The standard InChI is InChI=1S/C16H25NO3/c1-17-11-12-7-6-10-15(19-2)16(12)20-14-9-5-3-4-8-13(14)18/h6-7,10,13-14,17-18H,3-5,8-9,11H2,1-2H3. The maximum Gasteiger partial charge on any atom is 0.166 e. The summed E-state index contributed by atoms with van der Waals surface area (Å²) in [5.41, 5.74) is 1.06. The van der Waals surface area contributed by atoms with E-state index in [1.807, 2.05) is 25.2 Å². The minimum absolute atomic E-state index is 0.135. The summed E-state index contributed by atoms with van der Waals surface area (Å²) in [6.45, 7) is 0.718. The van der Waals surface area contributed by atoms with Crippen LogP contribution in [0.15, 0.2) is 18.2 Å². The zero-order valence-corrected chi connectivity index (χ0v) is 12.4. The normalized spacial score (nSPS) is 23.1. The minimum Gasteiger partial charge on any atom is -0.493 e. The lowest BCUT2D eigenvalue weighted by Gasteiger charge is -2.24. The molecule has 0 bridgehead atoms. The maximum atomic E-state index is 10.2. The van der Waals surface area contributed by atoms with Gasteiger partial charge in [-0.05, 0) is 32.4 Å². The Balaban J connectivity index is 2.21. The molecule has 20 heavy (non-hydrogen) atoms. The number of aliphatic hydroxyl groups excluding tert-OH is 1. The van der Waals surface area contributed by atoms with E-state index in [4.69, 9.17) is 9.47 Å². The van der Waals surface area contributed by atoms with Crippen molar-refractivity contribution in [3.8, 4) is 11.5 Å². The summed E-state index contributed by atoms with van der Waals surface area (Å²) >= 11 is 0. The molecule has 0 heterocycles. The molecular weight excluding hydrogens is 254 g/mol. The lowest BCUT2D eigenvalue weighted by Crippen LogP contribution is -2.31. The van der Waals surface area contributed by atoms with Gasteiger partial charge in [0, 0.05) is 12.1 Å². The lowest BCUT2D eigenvalue weighted by atomic mass is 10.1. The number of para-hydroxylation sites is 1. The molecule has 0 saturated heterocycles. The van der Waals surface area contributed by atoms with Crippen LogP contribution in [0.1, 0.15) is 37.7 Å². The highest BCUT2D eigenvalue weighted by molar-refractivity contribution is 5.46. The number of benzene rings is 1. The van der Waals surface area contributed by atoms with Crippen molar-refractivity contribution in [2.24, 2.45) is 0 Å². The van der Waals surface area contributed by atoms with Gasteiger partial charge in [-0.1, -0.05) is 25.0 Å². The van der Waals surface area contributed by atoms with Gasteiger partial charge in [-0.25, -0.2) is 0 Å². The van der Waals surface area contributed by atoms with E-state index in [1.54, 1.807) is 7.11 Å². The third-order valence-corrected chi connectivity index (χ3v) is 3.83. The number of hydrogen-bond donors (Lipinski definition) is 2. The Morgan fingerprint density at radius 3 is 2.80 bits per heavy atom. The second kappa shape index (κ2) is 7.50. The predicted octanol–water partition coefficient (Wildman–Crippen LogP) is 2.49. The highest BCUT2D eigenvalue weighted by Crippen LogP contribution is 2.34. The van der Waals surface area contributed by atoms with Crippen molar-refractivity contribution in [2.45, 2.75) is 50.9 Å². The van der Waals surface area contributed by atoms with Crippen LogP contribution >= 0.6 is 0 Å². The van der Waals surface area contributed by atoms with E-state index in [9.17, 15) is 5.11 Å². The van der Waals surface area contributed by atoms with Crippen molar-refractivity contribution in [2.75, 3.05) is 14.2 Å². The molecule has 0 aromatic heterocycles. The number of nitrogens with one attached hydrogen (secondary N) is 1. The molecule has 1 aliphatic carbocycles. The van der Waals surface area contributed by atoms with Crippen LogP contribution < -0.4 is 14.8 Å². The Bertz CT molecular complexity index is 422. The summed E-state index contributed by atoms with van der Waals surface area (Å²) in [6.07, 6.45) is 4.56. The van der Waals surface area contributed by atoms with Gasteiger partial charge in [-0.3, -0.25) is 0 Å². The quantitative estimate of drug-likeness (QED) is 0.813. The average molecular weight is 279 g/mol. The topological polar surface area (TPSA) is 50.7 Å². The molecule has 2 unspecified atom stereocenters. The predicted molar refractivity (Wildman–Crippen MR) is 79.3 cm³/mol. The van der Waals surface area contributed by atoms with Gasteiger partial charge >= 0.3 is 0 Å². The monoisotopic (exact) mass is 279 g/mol. The first-order valence-corrected chi connectivity index (χ1v) is 7.41. The number of hydrogen-bond acceptors (Lipinski definition) is 4. The highest BCUT2D eigenvalue weighted by Gasteiger charge is 2.25. The van der Waals surface area contributed by atoms with Crippen molar-refractivity contribution in [1.82, 2.24) is 5.32 Å². The van der Waals surface area contributed by atoms with Gasteiger partial charge in [-0.2, -0.15) is 0 Å². The van der Waals surface area contributed by atoms with E-state index in [0.29, 0.717) is 0 Å². The van der Waals surface area contributed by atoms with Gasteiger partial charge in [0.15, 0.2) is 11.5 Å². The molecule has 0 aliphatic heterocycles. The largest absolute Gasteiger partial charge is 0.493 e. The van der Waals surface area contributed by atoms with Gasteiger partial charge in [0.2, 0.25) is 0 Å². The molecule has 1 aromatic rings. The Morgan fingerprint density at radius 2 is 2.05 bits per heavy atom. The van der Waals surface area contributed by atoms with E-state index < -0.39 is 0 Å². The summed E-state index contributed by atoms with van der Waals surface area (Å²) < 4.78 is 11.5. The Hall–Kier alpha value is -1.26. The SMILES string of the molecule is CNCc1cccc(OC)c1OC1CCCCCC1O. The van der Waals surface area contributed by atoms with E-state index in [-0.39, 0.29) is 12.2 Å². The van der Waals surface area contributed by atoms with Gasteiger partial charge in [-0.15, -0.1) is 0 Å². The molecule has 4 nitrogen and oxygen atoms in total. The first kappa shape index (κ1) is 15.1. The lowest BCUT2D eigenvalue weighted by molar-refractivity contribution is 0.0299. The minimum atomic E-state index is -0.384. The van der Waals surface area contributed by atoms with E-state index in [2.05, 4.69) is 5.32 Å². The third kappa shape index (κ3) is 3.64. The van der Waals surface area contributed by atoms with Gasteiger partial charge in [0.1, 0.15) is 6.10 Å². The van der Waals surface area contributed by atoms with Crippen molar-refractivity contribution in [3.05, 3.63) is 23.8 Å². The molecule has 1 saturated carbocycles. The maximum absolute atomic E-state index is 10.2. The van der Waals surface area contributed by atoms with Crippen LogP contribution in [0.2, 0.25) is 0 Å². The molecule has 112 valence electrons. The van der Waals surface area contributed by atoms with Crippen LogP contribution in [0, 0.1) is 0 Å². The van der Waals surface area contributed by atoms with Crippen LogP contribution in [0.4, 0.5) is 0 Å². The second-order valence-electron chi connectivity index (χ2n) is 5.34. The average Bonchev–Trinajstić information content (AvgIpc) is 2.66. The van der Waals surface area contributed by atoms with Crippen molar-refractivity contribution >= 4 is 0 Å². The van der Waals surface area contributed by atoms with Crippen LogP contribution in [0.3, 0.4) is 0 Å². The van der Waals surface area contributed by atoms with Crippen LogP contribution in [0.25, 0.3) is 0 Å². The molecule has 2 atom stereocenters. The highest BCUT2D eigenvalue weighted by atomic mass is 16.5. The number of ether oxygens (including phenoxy) is 2. The van der Waals surface area contributed by atoms with E-state index in [0.717, 1.165) is 49.3 Å². The zero-order valence-electron chi connectivity index (χ0n) is 12.4. The molecular formula is C16H25NO3. The second-order valence-corrected chi connectivity index (χ2v) is 5.34. The van der Waals surface area contributed by atoms with Gasteiger partial charge < -0.3 is 19.9 Å². The summed E-state index contributed by atoms with van der Waals surface area (Å²) in [4.78, 5) is 0. The molecule has 0 amide bonds. The fourth-order valence-corrected chi connectivity index (χ4v) is 2.73. The third-order valence-electron chi connectivity index (χ3n) is 3.83. The molecule has 1 aromatic carbocycles. The van der Waals surface area contributed by atoms with Crippen LogP contribution in [-0.4, -0.2) is 31.5 Å². The van der Waals surface area contributed by atoms with Crippen LogP contribution in [-0.2, 0) is 6.54 Å². The Morgan fingerprint density at radius 1 is 1.25 bits per heavy atom. The van der Waals surface area contributed by atoms with E-state index >= 15 is 0 Å². The summed E-state index contributed by atoms with van der Waals surface area (Å²) in [5.74, 6) is 1.49. The molecule has 4 heteroatoms. The fraction of sp³-hybridized carbons (Fsp3) is 0.625. The zero-order chi connectivity index (χ0) is 14.4. The summed E-state index contributed by atoms with van der Waals surface area (Å²) in [6, 6.07) is 5.89. The van der Waals surface area contributed by atoms with E-state index in [1.165, 1.54) is 6.42 Å². The van der Waals surface area contributed by atoms with Crippen molar-refractivity contribution in [3.63, 3.8) is 0 Å². The summed E-state index contributed by atoms with van der Waals surface area (Å²) in [5, 5.41) is 13.4. The first-order chi connectivity index (χ1) is 9.76. The molecule has 2 N–H and O–H groups in total. The molecule has 0 spiro atoms. The summed E-state index contributed by atoms with van der Waals surface area (Å²) in [7, 11) is 3.55. The number of rotatable bonds is 5. The van der Waals surface area contributed by atoms with Crippen molar-refractivity contribution < 1.29 is 14.6 Å². The number of methoxy groups -OCH3 is 1. The molecule has 2 rings (SSSR count).